The van der Waals surface area contributed by atoms with E-state index in [2.05, 4.69) is 4.98 Å². The number of rotatable bonds is 4. The van der Waals surface area contributed by atoms with Crippen LogP contribution in [0.2, 0.25) is 5.02 Å². The first-order valence-corrected chi connectivity index (χ1v) is 8.55. The van der Waals surface area contributed by atoms with Crippen molar-refractivity contribution >= 4 is 28.5 Å². The van der Waals surface area contributed by atoms with Gasteiger partial charge in [-0.3, -0.25) is 9.36 Å². The molecule has 1 aromatic heterocycles. The first kappa shape index (κ1) is 16.4. The van der Waals surface area contributed by atoms with E-state index in [4.69, 9.17) is 16.3 Å². The summed E-state index contributed by atoms with van der Waals surface area (Å²) in [5, 5.41) is 0.408. The van der Waals surface area contributed by atoms with Crippen molar-refractivity contribution in [1.82, 2.24) is 9.55 Å². The van der Waals surface area contributed by atoms with Gasteiger partial charge < -0.3 is 4.74 Å². The van der Waals surface area contributed by atoms with Gasteiger partial charge in [0.2, 0.25) is 0 Å². The van der Waals surface area contributed by atoms with Crippen LogP contribution in [0.1, 0.15) is 16.2 Å². The van der Waals surface area contributed by atoms with Crippen LogP contribution in [0.5, 0.6) is 5.75 Å². The Morgan fingerprint density at radius 3 is 2.42 bits per heavy atom. The summed E-state index contributed by atoms with van der Waals surface area (Å²) in [7, 11) is 0. The van der Waals surface area contributed by atoms with Crippen LogP contribution in [0.3, 0.4) is 0 Å². The van der Waals surface area contributed by atoms with Gasteiger partial charge in [-0.2, -0.15) is 0 Å². The van der Waals surface area contributed by atoms with Crippen LogP contribution in [0, 0.1) is 0 Å². The van der Waals surface area contributed by atoms with Gasteiger partial charge in [-0.05, 0) is 36.4 Å². The van der Waals surface area contributed by atoms with Crippen molar-refractivity contribution in [2.45, 2.75) is 6.61 Å². The van der Waals surface area contributed by atoms with Gasteiger partial charge in [-0.1, -0.05) is 54.1 Å². The van der Waals surface area contributed by atoms with Crippen LogP contribution in [0.4, 0.5) is 0 Å². The lowest BCUT2D eigenvalue weighted by atomic mass is 10.2. The largest absolute Gasteiger partial charge is 0.486 e. The fourth-order valence-corrected chi connectivity index (χ4v) is 3.04. The summed E-state index contributed by atoms with van der Waals surface area (Å²) >= 11 is 6.23. The van der Waals surface area contributed by atoms with Gasteiger partial charge in [-0.25, -0.2) is 4.98 Å². The van der Waals surface area contributed by atoms with Crippen LogP contribution in [-0.2, 0) is 6.61 Å². The minimum atomic E-state index is -0.226. The molecule has 3 aromatic carbocycles. The number of para-hydroxylation sites is 3. The lowest BCUT2D eigenvalue weighted by Gasteiger charge is -2.10. The maximum Gasteiger partial charge on any atom is 0.265 e. The molecule has 0 aliphatic heterocycles. The van der Waals surface area contributed by atoms with Gasteiger partial charge in [0, 0.05) is 0 Å². The molecule has 0 unspecified atom stereocenters. The van der Waals surface area contributed by atoms with Crippen molar-refractivity contribution < 1.29 is 9.53 Å². The molecule has 0 radical (unpaired) electrons. The first-order chi connectivity index (χ1) is 12.7. The number of aromatic nitrogens is 2. The number of hydrogen-bond donors (Lipinski definition) is 0. The average Bonchev–Trinajstić information content (AvgIpc) is 3.05. The van der Waals surface area contributed by atoms with Gasteiger partial charge in [0.15, 0.2) is 5.82 Å². The standard InChI is InChI=1S/C21H15ClN2O2/c22-17-11-5-4-10-16(17)21(25)24-19-13-7-6-12-18(19)23-20(24)14-26-15-8-2-1-3-9-15/h1-13H,14H2. The molecule has 4 rings (SSSR count). The minimum Gasteiger partial charge on any atom is -0.486 e. The fourth-order valence-electron chi connectivity index (χ4n) is 2.82. The van der Waals surface area contributed by atoms with Crippen LogP contribution in [-0.4, -0.2) is 15.5 Å². The molecule has 1 heterocycles. The lowest BCUT2D eigenvalue weighted by Crippen LogP contribution is -2.17. The monoisotopic (exact) mass is 362 g/mol. The van der Waals surface area contributed by atoms with Crippen molar-refractivity contribution in [2.75, 3.05) is 0 Å². The topological polar surface area (TPSA) is 44.1 Å². The zero-order chi connectivity index (χ0) is 17.9. The Bertz CT molecular complexity index is 1070. The van der Waals surface area contributed by atoms with E-state index in [1.54, 1.807) is 28.8 Å². The zero-order valence-electron chi connectivity index (χ0n) is 13.8. The van der Waals surface area contributed by atoms with Gasteiger partial charge in [-0.15, -0.1) is 0 Å². The van der Waals surface area contributed by atoms with Crippen molar-refractivity contribution in [3.05, 3.63) is 95.3 Å². The molecular formula is C21H15ClN2O2. The summed E-state index contributed by atoms with van der Waals surface area (Å²) in [6.07, 6.45) is 0. The zero-order valence-corrected chi connectivity index (χ0v) is 14.6. The summed E-state index contributed by atoms with van der Waals surface area (Å²) in [4.78, 5) is 17.7. The molecule has 0 fully saturated rings. The highest BCUT2D eigenvalue weighted by atomic mass is 35.5. The van der Waals surface area contributed by atoms with Crippen LogP contribution in [0.25, 0.3) is 11.0 Å². The molecule has 0 aliphatic rings. The van der Waals surface area contributed by atoms with E-state index in [-0.39, 0.29) is 12.5 Å². The molecule has 4 nitrogen and oxygen atoms in total. The Hall–Kier alpha value is -3.11. The molecule has 0 amide bonds. The molecule has 0 N–H and O–H groups in total. The number of carbonyl (C=O) groups is 1. The number of fused-ring (bicyclic) bond motifs is 1. The second-order valence-corrected chi connectivity index (χ2v) is 6.15. The Labute approximate surface area is 155 Å². The minimum absolute atomic E-state index is 0.175. The Balaban J connectivity index is 1.77. The molecule has 26 heavy (non-hydrogen) atoms. The SMILES string of the molecule is O=C(c1ccccc1Cl)n1c(COc2ccccc2)nc2ccccc21. The summed E-state index contributed by atoms with van der Waals surface area (Å²) in [6.45, 7) is 0.175. The third-order valence-corrected chi connectivity index (χ3v) is 4.38. The number of imidazole rings is 1. The highest BCUT2D eigenvalue weighted by Crippen LogP contribution is 2.23. The summed E-state index contributed by atoms with van der Waals surface area (Å²) in [5.74, 6) is 1.02. The van der Waals surface area contributed by atoms with Crippen LogP contribution in [0.15, 0.2) is 78.9 Å². The van der Waals surface area contributed by atoms with E-state index in [1.807, 2.05) is 54.6 Å². The van der Waals surface area contributed by atoms with Gasteiger partial charge in [0.25, 0.3) is 5.91 Å². The van der Waals surface area contributed by atoms with Crippen molar-refractivity contribution in [3.63, 3.8) is 0 Å². The Morgan fingerprint density at radius 2 is 1.62 bits per heavy atom. The van der Waals surface area contributed by atoms with E-state index in [0.29, 0.717) is 16.4 Å². The smallest absolute Gasteiger partial charge is 0.265 e. The van der Waals surface area contributed by atoms with E-state index < -0.39 is 0 Å². The molecule has 0 saturated heterocycles. The number of nitrogens with zero attached hydrogens (tertiary/aromatic N) is 2. The van der Waals surface area contributed by atoms with Crippen molar-refractivity contribution in [3.8, 4) is 5.75 Å². The molecule has 0 bridgehead atoms. The predicted molar refractivity (Wildman–Crippen MR) is 102 cm³/mol. The molecule has 5 heteroatoms. The van der Waals surface area contributed by atoms with E-state index >= 15 is 0 Å². The molecule has 0 aliphatic carbocycles. The second-order valence-electron chi connectivity index (χ2n) is 5.74. The highest BCUT2D eigenvalue weighted by Gasteiger charge is 2.20. The fraction of sp³-hybridized carbons (Fsp3) is 0.0476. The number of carbonyl (C=O) groups excluding carboxylic acids is 1. The number of benzene rings is 3. The van der Waals surface area contributed by atoms with E-state index in [1.165, 1.54) is 0 Å². The maximum absolute atomic E-state index is 13.2. The molecule has 0 spiro atoms. The summed E-state index contributed by atoms with van der Waals surface area (Å²) < 4.78 is 7.38. The molecule has 0 atom stereocenters. The van der Waals surface area contributed by atoms with Crippen molar-refractivity contribution in [2.24, 2.45) is 0 Å². The van der Waals surface area contributed by atoms with Gasteiger partial charge >= 0.3 is 0 Å². The molecule has 0 saturated carbocycles. The first-order valence-electron chi connectivity index (χ1n) is 8.17. The third-order valence-electron chi connectivity index (χ3n) is 4.05. The van der Waals surface area contributed by atoms with Crippen LogP contribution >= 0.6 is 11.6 Å². The van der Waals surface area contributed by atoms with E-state index in [0.717, 1.165) is 16.8 Å². The molecule has 128 valence electrons. The number of ether oxygens (including phenoxy) is 1. The van der Waals surface area contributed by atoms with Gasteiger partial charge in [0.05, 0.1) is 21.6 Å². The average molecular weight is 363 g/mol. The summed E-state index contributed by atoms with van der Waals surface area (Å²) in [5.41, 5.74) is 1.89. The normalized spacial score (nSPS) is 10.8. The molecule has 4 aromatic rings. The highest BCUT2D eigenvalue weighted by molar-refractivity contribution is 6.34. The quantitative estimate of drug-likeness (QED) is 0.515. The lowest BCUT2D eigenvalue weighted by molar-refractivity contribution is 0.0956. The van der Waals surface area contributed by atoms with E-state index in [9.17, 15) is 4.79 Å². The Kier molecular flexibility index (Phi) is 4.42. The maximum atomic E-state index is 13.2. The number of hydrogen-bond acceptors (Lipinski definition) is 3. The summed E-state index contributed by atoms with van der Waals surface area (Å²) in [6, 6.07) is 23.9. The molecular weight excluding hydrogens is 348 g/mol. The second kappa shape index (κ2) is 7.02. The third kappa shape index (κ3) is 3.07. The Morgan fingerprint density at radius 1 is 0.923 bits per heavy atom. The van der Waals surface area contributed by atoms with Gasteiger partial charge in [0.1, 0.15) is 12.4 Å². The van der Waals surface area contributed by atoms with Crippen molar-refractivity contribution in [1.29, 1.82) is 0 Å². The van der Waals surface area contributed by atoms with Crippen LogP contribution < -0.4 is 4.74 Å². The number of halogens is 1. The predicted octanol–water partition coefficient (Wildman–Crippen LogP) is 4.96.